The fraction of sp³-hybridized carbons (Fsp3) is 0.536. The van der Waals surface area contributed by atoms with Crippen LogP contribution < -0.4 is 16.0 Å². The third-order valence-electron chi connectivity index (χ3n) is 9.33. The van der Waals surface area contributed by atoms with E-state index in [1.165, 1.54) is 12.3 Å². The van der Waals surface area contributed by atoms with Gasteiger partial charge in [0.25, 0.3) is 0 Å². The summed E-state index contributed by atoms with van der Waals surface area (Å²) in [6, 6.07) is 4.58. The smallest absolute Gasteiger partial charge is 0.238 e. The highest BCUT2D eigenvalue weighted by molar-refractivity contribution is 6.31. The number of ether oxygens (including phenoxy) is 1. The summed E-state index contributed by atoms with van der Waals surface area (Å²) in [5.41, 5.74) is -3.48. The zero-order valence-electron chi connectivity index (χ0n) is 21.9. The van der Waals surface area contributed by atoms with E-state index in [1.54, 1.807) is 18.2 Å². The van der Waals surface area contributed by atoms with Crippen LogP contribution in [0.25, 0.3) is 0 Å². The fourth-order valence-electron chi connectivity index (χ4n) is 7.62. The normalized spacial score (nSPS) is 31.1. The second kappa shape index (κ2) is 10.4. The topological polar surface area (TPSA) is 113 Å². The zero-order chi connectivity index (χ0) is 29.2. The lowest BCUT2D eigenvalue weighted by Gasteiger charge is -2.59. The van der Waals surface area contributed by atoms with Gasteiger partial charge in [0.1, 0.15) is 5.41 Å². The molecule has 0 bridgehead atoms. The fourth-order valence-corrected chi connectivity index (χ4v) is 7.96. The maximum atomic E-state index is 15.8. The van der Waals surface area contributed by atoms with Crippen molar-refractivity contribution in [3.05, 3.63) is 57.6 Å². The Bertz CT molecular complexity index is 1380. The number of nitrogens with one attached hydrogen (secondary N) is 3. The molecule has 6 rings (SSSR count). The largest absolute Gasteiger partial charge is 0.394 e. The Kier molecular flexibility index (Phi) is 7.26. The maximum absolute atomic E-state index is 15.8. The third-order valence-corrected chi connectivity index (χ3v) is 9.83. The van der Waals surface area contributed by atoms with Gasteiger partial charge in [-0.05, 0) is 55.0 Å². The van der Waals surface area contributed by atoms with E-state index in [0.29, 0.717) is 29.1 Å². The Labute approximate surface area is 244 Å². The van der Waals surface area contributed by atoms with Gasteiger partial charge in [0, 0.05) is 33.8 Å². The Morgan fingerprint density at radius 2 is 1.95 bits per heavy atom. The van der Waals surface area contributed by atoms with E-state index in [9.17, 15) is 23.5 Å². The molecule has 1 aromatic carbocycles. The zero-order valence-corrected chi connectivity index (χ0v) is 23.4. The van der Waals surface area contributed by atoms with Crippen LogP contribution in [0.4, 0.5) is 18.9 Å². The number of benzene rings is 1. The molecule has 3 fully saturated rings. The molecular weight excluding hydrogens is 584 g/mol. The molecule has 2 saturated heterocycles. The first kappa shape index (κ1) is 28.7. The van der Waals surface area contributed by atoms with E-state index in [-0.39, 0.29) is 37.7 Å². The molecule has 4 N–H and O–H groups in total. The predicted octanol–water partition coefficient (Wildman–Crippen LogP) is 3.59. The van der Waals surface area contributed by atoms with E-state index in [4.69, 9.17) is 27.9 Å². The predicted molar refractivity (Wildman–Crippen MR) is 145 cm³/mol. The first-order valence-electron chi connectivity index (χ1n) is 13.5. The van der Waals surface area contributed by atoms with Gasteiger partial charge in [-0.15, -0.1) is 0 Å². The van der Waals surface area contributed by atoms with Crippen molar-refractivity contribution in [3.63, 3.8) is 0 Å². The van der Waals surface area contributed by atoms with Crippen molar-refractivity contribution < 1.29 is 32.6 Å². The van der Waals surface area contributed by atoms with Gasteiger partial charge >= 0.3 is 0 Å². The van der Waals surface area contributed by atoms with Crippen molar-refractivity contribution in [3.8, 4) is 0 Å². The number of nitrogens with zero attached hydrogens (tertiary/aromatic N) is 1. The number of aliphatic hydroxyl groups is 1. The molecule has 2 aromatic rings. The number of hydrogen-bond acceptors (Lipinski definition) is 6. The van der Waals surface area contributed by atoms with E-state index in [2.05, 4.69) is 20.9 Å². The molecule has 2 spiro atoms. The summed E-state index contributed by atoms with van der Waals surface area (Å²) in [6.45, 7) is -1.89. The number of aromatic nitrogens is 1. The Morgan fingerprint density at radius 3 is 2.61 bits per heavy atom. The summed E-state index contributed by atoms with van der Waals surface area (Å²) in [5, 5.41) is 18.4. The third kappa shape index (κ3) is 4.18. The average molecular weight is 613 g/mol. The number of carbonyl (C=O) groups excluding carboxylic acids is 2. The van der Waals surface area contributed by atoms with Crippen LogP contribution >= 0.6 is 23.2 Å². The number of hydrogen-bond donors (Lipinski definition) is 4. The molecule has 5 atom stereocenters. The van der Waals surface area contributed by atoms with Crippen molar-refractivity contribution in [2.24, 2.45) is 5.41 Å². The maximum Gasteiger partial charge on any atom is 0.238 e. The van der Waals surface area contributed by atoms with Crippen LogP contribution in [-0.2, 0) is 19.7 Å². The number of pyridine rings is 1. The van der Waals surface area contributed by atoms with Gasteiger partial charge in [0.2, 0.25) is 11.8 Å². The molecule has 4 heterocycles. The summed E-state index contributed by atoms with van der Waals surface area (Å²) in [6.07, 6.45) is 1.83. The van der Waals surface area contributed by atoms with Crippen LogP contribution in [0.5, 0.6) is 0 Å². The van der Waals surface area contributed by atoms with Crippen LogP contribution in [0.15, 0.2) is 30.5 Å². The number of carbonyl (C=O) groups is 2. The minimum Gasteiger partial charge on any atom is -0.394 e. The lowest BCUT2D eigenvalue weighted by atomic mass is 9.46. The second-order valence-corrected chi connectivity index (χ2v) is 12.5. The SMILES string of the molecule is O=C(N[C@@H]1CC[C@@H](CO)OC1)[C@@H]1NC2(CC(CF)(CF)C2)C2(C(=O)Nc3cc(Cl)ccc32)[C@H]1c1ccnc(Cl)c1F. The quantitative estimate of drug-likeness (QED) is 0.371. The van der Waals surface area contributed by atoms with E-state index in [1.807, 2.05) is 0 Å². The minimum atomic E-state index is -1.64. The van der Waals surface area contributed by atoms with Gasteiger partial charge in [-0.1, -0.05) is 29.3 Å². The van der Waals surface area contributed by atoms with Crippen LogP contribution in [0.1, 0.15) is 42.7 Å². The van der Waals surface area contributed by atoms with Crippen molar-refractivity contribution >= 4 is 40.7 Å². The minimum absolute atomic E-state index is 0.0225. The first-order valence-corrected chi connectivity index (χ1v) is 14.2. The number of fused-ring (bicyclic) bond motifs is 3. The van der Waals surface area contributed by atoms with E-state index >= 15 is 4.39 Å². The molecule has 13 heteroatoms. The van der Waals surface area contributed by atoms with Gasteiger partial charge < -0.3 is 20.5 Å². The number of amides is 2. The Morgan fingerprint density at radius 1 is 1.20 bits per heavy atom. The van der Waals surface area contributed by atoms with Crippen LogP contribution in [-0.4, -0.2) is 72.2 Å². The molecule has 1 saturated carbocycles. The van der Waals surface area contributed by atoms with Gasteiger partial charge in [0.15, 0.2) is 11.0 Å². The highest BCUT2D eigenvalue weighted by Crippen LogP contribution is 2.68. The second-order valence-electron chi connectivity index (χ2n) is 11.7. The molecule has 2 amide bonds. The molecular formula is C28H29Cl2F3N4O4. The van der Waals surface area contributed by atoms with Crippen LogP contribution in [0, 0.1) is 11.2 Å². The van der Waals surface area contributed by atoms with Crippen molar-refractivity contribution in [1.29, 1.82) is 0 Å². The number of aliphatic hydroxyl groups excluding tert-OH is 1. The van der Waals surface area contributed by atoms with E-state index < -0.39 is 70.5 Å². The number of alkyl halides is 2. The van der Waals surface area contributed by atoms with Crippen molar-refractivity contribution in [1.82, 2.24) is 15.6 Å². The molecule has 220 valence electrons. The summed E-state index contributed by atoms with van der Waals surface area (Å²) >= 11 is 12.3. The molecule has 0 radical (unpaired) electrons. The highest BCUT2D eigenvalue weighted by Gasteiger charge is 2.78. The lowest BCUT2D eigenvalue weighted by Crippen LogP contribution is -2.70. The standard InChI is InChI=1S/C28H29Cl2F3N4O4/c29-14-1-4-18-19(7-14)36-25(40)28(18)20(17-5-6-34-23(30)21(17)33)22(37-27(28)10-26(11-27,12-31)13-32)24(39)35-15-2-3-16(8-38)41-9-15/h1,4-7,15-16,20,22,37-38H,2-3,8-13H2,(H,35,39)(H,36,40)/t15-,16+,20+,22-,28?/m1/s1. The summed E-state index contributed by atoms with van der Waals surface area (Å²) in [5.74, 6) is -3.12. The van der Waals surface area contributed by atoms with Crippen molar-refractivity contribution in [2.45, 2.75) is 60.7 Å². The van der Waals surface area contributed by atoms with Gasteiger partial charge in [-0.25, -0.2) is 9.37 Å². The molecule has 3 aliphatic heterocycles. The average Bonchev–Trinajstić information content (AvgIpc) is 3.41. The molecule has 41 heavy (non-hydrogen) atoms. The number of rotatable bonds is 6. The monoisotopic (exact) mass is 612 g/mol. The van der Waals surface area contributed by atoms with Crippen molar-refractivity contribution in [2.75, 3.05) is 31.9 Å². The molecule has 1 unspecified atom stereocenters. The van der Waals surface area contributed by atoms with Gasteiger partial charge in [-0.2, -0.15) is 0 Å². The molecule has 1 aromatic heterocycles. The van der Waals surface area contributed by atoms with Gasteiger partial charge in [0.05, 0.1) is 44.8 Å². The van der Waals surface area contributed by atoms with Crippen LogP contribution in [0.3, 0.4) is 0 Å². The summed E-state index contributed by atoms with van der Waals surface area (Å²) < 4.78 is 49.9. The van der Waals surface area contributed by atoms with Gasteiger partial charge in [-0.3, -0.25) is 23.7 Å². The van der Waals surface area contributed by atoms with E-state index in [0.717, 1.165) is 0 Å². The molecule has 4 aliphatic rings. The molecule has 1 aliphatic carbocycles. The summed E-state index contributed by atoms with van der Waals surface area (Å²) in [4.78, 5) is 32.1. The molecule has 8 nitrogen and oxygen atoms in total. The number of halogens is 5. The summed E-state index contributed by atoms with van der Waals surface area (Å²) in [7, 11) is 0. The number of anilines is 1. The Hall–Kier alpha value is -2.44. The lowest BCUT2D eigenvalue weighted by molar-refractivity contribution is -0.131. The Balaban J connectivity index is 1.50. The highest BCUT2D eigenvalue weighted by atomic mass is 35.5. The first-order chi connectivity index (χ1) is 19.6. The van der Waals surface area contributed by atoms with Crippen LogP contribution in [0.2, 0.25) is 10.2 Å².